The van der Waals surface area contributed by atoms with Gasteiger partial charge in [0.15, 0.2) is 5.75 Å². The average molecular weight is 595 g/mol. The molecule has 0 bridgehead atoms. The Labute approximate surface area is 244 Å². The van der Waals surface area contributed by atoms with Crippen LogP contribution in [0.1, 0.15) is 20.7 Å². The van der Waals surface area contributed by atoms with E-state index in [1.54, 1.807) is 60.7 Å². The molecule has 0 amide bonds. The van der Waals surface area contributed by atoms with Gasteiger partial charge in [0.25, 0.3) is 10.1 Å². The first-order valence-electron chi connectivity index (χ1n) is 12.7. The zero-order chi connectivity index (χ0) is 30.7. The molecule has 0 aromatic heterocycles. The van der Waals surface area contributed by atoms with Crippen LogP contribution in [0.2, 0.25) is 0 Å². The van der Waals surface area contributed by atoms with Crippen LogP contribution in [0.15, 0.2) is 124 Å². The first-order valence-corrected chi connectivity index (χ1v) is 14.1. The number of rotatable bonds is 5. The fourth-order valence-electron chi connectivity index (χ4n) is 4.55. The summed E-state index contributed by atoms with van der Waals surface area (Å²) in [5.74, 6) is -2.83. The van der Waals surface area contributed by atoms with Crippen LogP contribution >= 0.6 is 0 Å². The van der Waals surface area contributed by atoms with Crippen LogP contribution in [0, 0.1) is 0 Å². The van der Waals surface area contributed by atoms with Crippen molar-refractivity contribution in [3.8, 4) is 5.75 Å². The number of benzene rings is 6. The average Bonchev–Trinajstić information content (AvgIpc) is 2.99. The van der Waals surface area contributed by atoms with Gasteiger partial charge >= 0.3 is 11.9 Å². The largest absolute Gasteiger partial charge is 0.505 e. The third-order valence-corrected chi connectivity index (χ3v) is 7.50. The van der Waals surface area contributed by atoms with E-state index in [2.05, 4.69) is 10.2 Å². The van der Waals surface area contributed by atoms with E-state index in [-0.39, 0.29) is 16.9 Å². The maximum absolute atomic E-state index is 11.9. The van der Waals surface area contributed by atoms with Crippen molar-refractivity contribution in [2.24, 2.45) is 10.2 Å². The molecule has 0 unspecified atom stereocenters. The van der Waals surface area contributed by atoms with Crippen LogP contribution in [0.4, 0.5) is 11.4 Å². The molecule has 0 saturated carbocycles. The fraction of sp³-hybridized carbons (Fsp3) is 0. The number of hydrogen-bond donors (Lipinski definition) is 4. The third kappa shape index (κ3) is 6.03. The van der Waals surface area contributed by atoms with Crippen LogP contribution in [-0.4, -0.2) is 40.2 Å². The molecule has 11 heteroatoms. The monoisotopic (exact) mass is 594 g/mol. The zero-order valence-electron chi connectivity index (χ0n) is 22.1. The summed E-state index contributed by atoms with van der Waals surface area (Å²) in [5, 5.41) is 40.7. The second kappa shape index (κ2) is 11.7. The number of carboxylic acid groups (broad SMARTS) is 2. The van der Waals surface area contributed by atoms with Gasteiger partial charge < -0.3 is 15.3 Å². The molecule has 0 saturated heterocycles. The summed E-state index contributed by atoms with van der Waals surface area (Å²) < 4.78 is 33.3. The van der Waals surface area contributed by atoms with E-state index < -0.39 is 32.7 Å². The van der Waals surface area contributed by atoms with Crippen LogP contribution < -0.4 is 0 Å². The lowest BCUT2D eigenvalue weighted by Gasteiger charge is -2.09. The Morgan fingerprint density at radius 1 is 0.581 bits per heavy atom. The topological polar surface area (TPSA) is 174 Å². The highest BCUT2D eigenvalue weighted by Crippen LogP contribution is 2.41. The van der Waals surface area contributed by atoms with Crippen molar-refractivity contribution in [3.63, 3.8) is 0 Å². The number of nitrogens with zero attached hydrogens (tertiary/aromatic N) is 2. The second-order valence-electron chi connectivity index (χ2n) is 9.32. The quantitative estimate of drug-likeness (QED) is 0.117. The Balaban J connectivity index is 0.000000235. The van der Waals surface area contributed by atoms with Gasteiger partial charge in [-0.15, -0.1) is 10.2 Å². The van der Waals surface area contributed by atoms with Gasteiger partial charge in [0.05, 0.1) is 5.56 Å². The van der Waals surface area contributed by atoms with Crippen molar-refractivity contribution in [1.82, 2.24) is 0 Å². The van der Waals surface area contributed by atoms with Gasteiger partial charge in [-0.2, -0.15) is 8.42 Å². The van der Waals surface area contributed by atoms with Crippen molar-refractivity contribution in [2.75, 3.05) is 0 Å². The number of fused-ring (bicyclic) bond motifs is 3. The van der Waals surface area contributed by atoms with E-state index in [9.17, 15) is 32.8 Å². The smallest absolute Gasteiger partial charge is 0.339 e. The zero-order valence-corrected chi connectivity index (χ0v) is 22.9. The highest BCUT2D eigenvalue weighted by atomic mass is 32.2. The second-order valence-corrected chi connectivity index (χ2v) is 10.7. The number of aromatic carboxylic acids is 2. The first kappa shape index (κ1) is 28.9. The predicted octanol–water partition coefficient (Wildman–Crippen LogP) is 7.60. The maximum atomic E-state index is 11.9. The van der Waals surface area contributed by atoms with Crippen LogP contribution in [-0.2, 0) is 10.1 Å². The van der Waals surface area contributed by atoms with E-state index in [0.717, 1.165) is 10.8 Å². The molecule has 0 aliphatic carbocycles. The molecule has 0 radical (unpaired) electrons. The van der Waals surface area contributed by atoms with Crippen LogP contribution in [0.25, 0.3) is 32.3 Å². The summed E-state index contributed by atoms with van der Waals surface area (Å²) in [5.41, 5.74) is -0.284. The van der Waals surface area contributed by atoms with Crippen molar-refractivity contribution < 1.29 is 37.9 Å². The number of carboxylic acids is 2. The number of carbonyl (C=O) groups is 2. The summed E-state index contributed by atoms with van der Waals surface area (Å²) in [4.78, 5) is 21.7. The first-order chi connectivity index (χ1) is 20.5. The van der Waals surface area contributed by atoms with E-state index >= 15 is 0 Å². The van der Waals surface area contributed by atoms with Crippen molar-refractivity contribution in [1.29, 1.82) is 0 Å². The molecule has 0 atom stereocenters. The van der Waals surface area contributed by atoms with Crippen LogP contribution in [0.3, 0.4) is 0 Å². The standard InChI is InChI=1S/C21H14N2O6S.C11H8O2/c24-20-16(21(25)26)11-13-6-2-4-8-15(13)19(20)23-22-18-14-7-3-1-5-12(14)9-10-17(18)30(27,28)29;12-11(13)10-6-5-8-3-1-2-4-9(8)7-10/h1-11,24H,(H,25,26)(H,27,28,29);1-7H,(H,12,13)/b23-22+;. The molecule has 214 valence electrons. The fourth-order valence-corrected chi connectivity index (χ4v) is 5.19. The van der Waals surface area contributed by atoms with Gasteiger partial charge in [0, 0.05) is 10.8 Å². The molecule has 6 rings (SSSR count). The summed E-state index contributed by atoms with van der Waals surface area (Å²) in [6.07, 6.45) is 0. The molecular formula is C32H22N2O8S. The van der Waals surface area contributed by atoms with Gasteiger partial charge in [0.1, 0.15) is 21.8 Å². The number of phenols is 1. The number of hydrogen-bond acceptors (Lipinski definition) is 7. The molecule has 0 fully saturated rings. The minimum absolute atomic E-state index is 0.125. The Kier molecular flexibility index (Phi) is 7.84. The predicted molar refractivity (Wildman–Crippen MR) is 161 cm³/mol. The molecule has 0 aliphatic rings. The van der Waals surface area contributed by atoms with Crippen LogP contribution in [0.5, 0.6) is 5.75 Å². The molecule has 0 heterocycles. The van der Waals surface area contributed by atoms with Crippen molar-refractivity contribution in [3.05, 3.63) is 120 Å². The molecular weight excluding hydrogens is 572 g/mol. The number of aromatic hydroxyl groups is 1. The Morgan fingerprint density at radius 3 is 1.74 bits per heavy atom. The third-order valence-electron chi connectivity index (χ3n) is 6.61. The lowest BCUT2D eigenvalue weighted by atomic mass is 10.0. The highest BCUT2D eigenvalue weighted by molar-refractivity contribution is 7.86. The van der Waals surface area contributed by atoms with E-state index in [1.807, 2.05) is 30.3 Å². The Morgan fingerprint density at radius 2 is 1.12 bits per heavy atom. The Bertz CT molecular complexity index is 2190. The minimum atomic E-state index is -4.61. The van der Waals surface area contributed by atoms with E-state index in [4.69, 9.17) is 5.11 Å². The van der Waals surface area contributed by atoms with Gasteiger partial charge in [-0.25, -0.2) is 9.59 Å². The highest BCUT2D eigenvalue weighted by Gasteiger charge is 2.20. The SMILES string of the molecule is O=C(O)c1cc2ccccc2c(/N=N/c2c(S(=O)(=O)O)ccc3ccccc23)c1O.O=C(O)c1ccc2ccccc2c1. The normalized spacial score (nSPS) is 11.5. The van der Waals surface area contributed by atoms with E-state index in [1.165, 1.54) is 18.2 Å². The molecule has 6 aromatic rings. The van der Waals surface area contributed by atoms with E-state index in [0.29, 0.717) is 27.1 Å². The molecule has 0 aliphatic heterocycles. The molecule has 43 heavy (non-hydrogen) atoms. The van der Waals surface area contributed by atoms with Gasteiger partial charge in [-0.3, -0.25) is 4.55 Å². The Hall–Kier alpha value is -5.65. The molecule has 10 nitrogen and oxygen atoms in total. The molecule has 6 aromatic carbocycles. The summed E-state index contributed by atoms with van der Waals surface area (Å²) in [6.45, 7) is 0. The van der Waals surface area contributed by atoms with Gasteiger partial charge in [-0.05, 0) is 45.8 Å². The number of azo groups is 1. The van der Waals surface area contributed by atoms with Crippen molar-refractivity contribution in [2.45, 2.75) is 4.90 Å². The molecule has 0 spiro atoms. The maximum Gasteiger partial charge on any atom is 0.339 e. The van der Waals surface area contributed by atoms with Crippen molar-refractivity contribution >= 4 is 65.7 Å². The molecule has 4 N–H and O–H groups in total. The lowest BCUT2D eigenvalue weighted by Crippen LogP contribution is -1.98. The van der Waals surface area contributed by atoms with Gasteiger partial charge in [-0.1, -0.05) is 84.9 Å². The summed E-state index contributed by atoms with van der Waals surface area (Å²) in [7, 11) is -4.61. The minimum Gasteiger partial charge on any atom is -0.505 e. The van der Waals surface area contributed by atoms with Gasteiger partial charge in [0.2, 0.25) is 0 Å². The lowest BCUT2D eigenvalue weighted by molar-refractivity contribution is 0.0684. The summed E-state index contributed by atoms with van der Waals surface area (Å²) in [6, 6.07) is 30.3. The summed E-state index contributed by atoms with van der Waals surface area (Å²) >= 11 is 0.